The Kier molecular flexibility index (Phi) is 7.47. The van der Waals surface area contributed by atoms with Gasteiger partial charge < -0.3 is 10.2 Å². The summed E-state index contributed by atoms with van der Waals surface area (Å²) < 4.78 is 0. The summed E-state index contributed by atoms with van der Waals surface area (Å²) in [6, 6.07) is 13.4. The van der Waals surface area contributed by atoms with E-state index in [4.69, 9.17) is 0 Å². The molecule has 1 heterocycles. The van der Waals surface area contributed by atoms with Gasteiger partial charge in [0, 0.05) is 24.7 Å². The van der Waals surface area contributed by atoms with Crippen LogP contribution in [0.4, 0.5) is 5.69 Å². The lowest BCUT2D eigenvalue weighted by atomic mass is 10.1. The number of carbonyl (C=O) groups is 2. The molecule has 0 saturated heterocycles. The minimum atomic E-state index is -0.188. The van der Waals surface area contributed by atoms with E-state index in [1.807, 2.05) is 49.4 Å². The molecule has 2 rings (SSSR count). The summed E-state index contributed by atoms with van der Waals surface area (Å²) in [4.78, 5) is 30.0. The molecular weight excluding hydrogens is 334 g/mol. The Morgan fingerprint density at radius 2 is 1.92 bits per heavy atom. The van der Waals surface area contributed by atoms with Crippen LogP contribution >= 0.6 is 11.8 Å². The summed E-state index contributed by atoms with van der Waals surface area (Å²) >= 11 is 1.49. The third-order valence-corrected chi connectivity index (χ3v) is 4.63. The monoisotopic (exact) mass is 357 g/mol. The lowest BCUT2D eigenvalue weighted by molar-refractivity contribution is -0.131. The molecule has 1 aromatic carbocycles. The summed E-state index contributed by atoms with van der Waals surface area (Å²) in [5.74, 6) is 0.744. The van der Waals surface area contributed by atoms with Crippen molar-refractivity contribution >= 4 is 29.3 Å². The minimum absolute atomic E-state index is 0.0427. The van der Waals surface area contributed by atoms with Gasteiger partial charge in [0.05, 0.1) is 18.0 Å². The Hall–Kier alpha value is -2.34. The maximum absolute atomic E-state index is 12.2. The Bertz CT molecular complexity index is 707. The number of nitrogens with zero attached hydrogens (tertiary/aromatic N) is 2. The van der Waals surface area contributed by atoms with E-state index >= 15 is 0 Å². The predicted molar refractivity (Wildman–Crippen MR) is 102 cm³/mol. The SMILES string of the molecule is CCc1ccccc1NC(=O)CN(C)C(=O)CSCc1ccccn1. The second kappa shape index (κ2) is 9.84. The first-order valence-corrected chi connectivity index (χ1v) is 9.35. The normalized spacial score (nSPS) is 10.3. The molecule has 5 nitrogen and oxygen atoms in total. The standard InChI is InChI=1S/C19H23N3O2S/c1-3-15-8-4-5-10-17(15)21-18(23)12-22(2)19(24)14-25-13-16-9-6-7-11-20-16/h4-11H,3,12-14H2,1-2H3,(H,21,23). The molecule has 0 spiro atoms. The van der Waals surface area contributed by atoms with Crippen molar-refractivity contribution in [3.05, 3.63) is 59.9 Å². The van der Waals surface area contributed by atoms with Crippen LogP contribution in [0.1, 0.15) is 18.2 Å². The van der Waals surface area contributed by atoms with Crippen molar-refractivity contribution in [2.45, 2.75) is 19.1 Å². The van der Waals surface area contributed by atoms with E-state index in [-0.39, 0.29) is 18.4 Å². The highest BCUT2D eigenvalue weighted by atomic mass is 32.2. The first-order chi connectivity index (χ1) is 12.1. The van der Waals surface area contributed by atoms with Crippen molar-refractivity contribution in [3.8, 4) is 0 Å². The summed E-state index contributed by atoms with van der Waals surface area (Å²) in [6.45, 7) is 2.08. The van der Waals surface area contributed by atoms with Gasteiger partial charge in [-0.15, -0.1) is 11.8 Å². The van der Waals surface area contributed by atoms with Gasteiger partial charge in [-0.2, -0.15) is 0 Å². The molecule has 0 unspecified atom stereocenters. The third kappa shape index (κ3) is 6.23. The molecule has 2 aromatic rings. The number of benzene rings is 1. The summed E-state index contributed by atoms with van der Waals surface area (Å²) in [5, 5.41) is 2.88. The number of aromatic nitrogens is 1. The number of hydrogen-bond donors (Lipinski definition) is 1. The Morgan fingerprint density at radius 3 is 2.64 bits per heavy atom. The van der Waals surface area contributed by atoms with E-state index in [2.05, 4.69) is 10.3 Å². The fraction of sp³-hybridized carbons (Fsp3) is 0.316. The Labute approximate surface area is 152 Å². The number of para-hydroxylation sites is 1. The zero-order chi connectivity index (χ0) is 18.1. The number of amides is 2. The molecule has 0 aliphatic heterocycles. The molecule has 1 aromatic heterocycles. The van der Waals surface area contributed by atoms with Gasteiger partial charge in [-0.05, 0) is 30.2 Å². The summed E-state index contributed by atoms with van der Waals surface area (Å²) in [5.41, 5.74) is 2.83. The van der Waals surface area contributed by atoms with Crippen LogP contribution in [0.15, 0.2) is 48.7 Å². The molecule has 0 saturated carbocycles. The molecule has 6 heteroatoms. The largest absolute Gasteiger partial charge is 0.336 e. The topological polar surface area (TPSA) is 62.3 Å². The molecular formula is C19H23N3O2S. The van der Waals surface area contributed by atoms with Crippen LogP contribution in [0.25, 0.3) is 0 Å². The molecule has 0 fully saturated rings. The predicted octanol–water partition coefficient (Wildman–Crippen LogP) is 2.97. The van der Waals surface area contributed by atoms with Gasteiger partial charge >= 0.3 is 0 Å². The van der Waals surface area contributed by atoms with Gasteiger partial charge in [-0.3, -0.25) is 14.6 Å². The zero-order valence-corrected chi connectivity index (χ0v) is 15.4. The number of hydrogen-bond acceptors (Lipinski definition) is 4. The number of anilines is 1. The molecule has 2 amide bonds. The number of likely N-dealkylation sites (N-methyl/N-ethyl adjacent to an activating group) is 1. The molecule has 0 aliphatic rings. The average Bonchev–Trinajstić information content (AvgIpc) is 2.62. The number of aryl methyl sites for hydroxylation is 1. The molecule has 0 aliphatic carbocycles. The van der Waals surface area contributed by atoms with Crippen molar-refractivity contribution in [2.75, 3.05) is 24.7 Å². The first kappa shape index (κ1) is 19.0. The highest BCUT2D eigenvalue weighted by Gasteiger charge is 2.14. The zero-order valence-electron chi connectivity index (χ0n) is 14.6. The van der Waals surface area contributed by atoms with Crippen molar-refractivity contribution < 1.29 is 9.59 Å². The number of rotatable bonds is 8. The van der Waals surface area contributed by atoms with Crippen LogP contribution in [-0.4, -0.2) is 41.0 Å². The van der Waals surface area contributed by atoms with Gasteiger partial charge in [0.1, 0.15) is 0 Å². The van der Waals surface area contributed by atoms with E-state index in [1.165, 1.54) is 16.7 Å². The molecule has 0 bridgehead atoms. The number of thioether (sulfide) groups is 1. The van der Waals surface area contributed by atoms with Crippen LogP contribution in [0.3, 0.4) is 0 Å². The maximum Gasteiger partial charge on any atom is 0.243 e. The van der Waals surface area contributed by atoms with E-state index in [0.717, 1.165) is 23.4 Å². The lowest BCUT2D eigenvalue weighted by Gasteiger charge is -2.17. The summed E-state index contributed by atoms with van der Waals surface area (Å²) in [7, 11) is 1.65. The Balaban J connectivity index is 1.77. The highest BCUT2D eigenvalue weighted by Crippen LogP contribution is 2.15. The highest BCUT2D eigenvalue weighted by molar-refractivity contribution is 7.99. The molecule has 0 atom stereocenters. The molecule has 1 N–H and O–H groups in total. The molecule has 0 radical (unpaired) electrons. The second-order valence-electron chi connectivity index (χ2n) is 5.62. The average molecular weight is 357 g/mol. The van der Waals surface area contributed by atoms with E-state index in [9.17, 15) is 9.59 Å². The third-order valence-electron chi connectivity index (χ3n) is 3.68. The number of nitrogens with one attached hydrogen (secondary N) is 1. The van der Waals surface area contributed by atoms with Gasteiger partial charge in [-0.1, -0.05) is 31.2 Å². The van der Waals surface area contributed by atoms with E-state index < -0.39 is 0 Å². The van der Waals surface area contributed by atoms with Crippen LogP contribution in [-0.2, 0) is 21.8 Å². The van der Waals surface area contributed by atoms with Gasteiger partial charge in [0.2, 0.25) is 11.8 Å². The second-order valence-corrected chi connectivity index (χ2v) is 6.61. The minimum Gasteiger partial charge on any atom is -0.336 e. The fourth-order valence-electron chi connectivity index (χ4n) is 2.28. The smallest absolute Gasteiger partial charge is 0.243 e. The molecule has 25 heavy (non-hydrogen) atoms. The van der Waals surface area contributed by atoms with Crippen molar-refractivity contribution in [2.24, 2.45) is 0 Å². The van der Waals surface area contributed by atoms with Gasteiger partial charge in [-0.25, -0.2) is 0 Å². The first-order valence-electron chi connectivity index (χ1n) is 8.19. The van der Waals surface area contributed by atoms with E-state index in [1.54, 1.807) is 13.2 Å². The maximum atomic E-state index is 12.2. The lowest BCUT2D eigenvalue weighted by Crippen LogP contribution is -2.36. The van der Waals surface area contributed by atoms with Crippen molar-refractivity contribution in [1.82, 2.24) is 9.88 Å². The van der Waals surface area contributed by atoms with Crippen LogP contribution < -0.4 is 5.32 Å². The summed E-state index contributed by atoms with van der Waals surface area (Å²) in [6.07, 6.45) is 2.58. The van der Waals surface area contributed by atoms with Crippen LogP contribution in [0, 0.1) is 0 Å². The van der Waals surface area contributed by atoms with Crippen LogP contribution in [0.5, 0.6) is 0 Å². The van der Waals surface area contributed by atoms with Crippen molar-refractivity contribution in [3.63, 3.8) is 0 Å². The van der Waals surface area contributed by atoms with Crippen LogP contribution in [0.2, 0.25) is 0 Å². The van der Waals surface area contributed by atoms with E-state index in [0.29, 0.717) is 11.5 Å². The van der Waals surface area contributed by atoms with Gasteiger partial charge in [0.25, 0.3) is 0 Å². The Morgan fingerprint density at radius 1 is 1.16 bits per heavy atom. The van der Waals surface area contributed by atoms with Gasteiger partial charge in [0.15, 0.2) is 0 Å². The van der Waals surface area contributed by atoms with Crippen molar-refractivity contribution in [1.29, 1.82) is 0 Å². The molecule has 132 valence electrons. The number of pyridine rings is 1. The number of carbonyl (C=O) groups excluding carboxylic acids is 2. The quantitative estimate of drug-likeness (QED) is 0.789. The fourth-order valence-corrected chi connectivity index (χ4v) is 3.16.